The number of allylic oxidation sites excluding steroid dienone is 1. The molecule has 1 fully saturated rings. The molecule has 1 nitrogen and oxygen atoms in total. The molecule has 1 unspecified atom stereocenters. The fourth-order valence-corrected chi connectivity index (χ4v) is 3.61. The first-order valence-corrected chi connectivity index (χ1v) is 5.89. The number of halogens is 2. The quantitative estimate of drug-likeness (QED) is 0.683. The summed E-state index contributed by atoms with van der Waals surface area (Å²) in [5.41, 5.74) is 10.7. The minimum absolute atomic E-state index is 0.371. The van der Waals surface area contributed by atoms with Crippen molar-refractivity contribution in [2.75, 3.05) is 5.73 Å². The molecule has 0 spiro atoms. The van der Waals surface area contributed by atoms with Gasteiger partial charge in [0.1, 0.15) is 4.49 Å². The summed E-state index contributed by atoms with van der Waals surface area (Å²) in [6.45, 7) is 0. The van der Waals surface area contributed by atoms with E-state index in [9.17, 15) is 0 Å². The highest BCUT2D eigenvalue weighted by Crippen LogP contribution is 2.60. The van der Waals surface area contributed by atoms with Crippen LogP contribution in [0.1, 0.15) is 35.8 Å². The predicted molar refractivity (Wildman–Crippen MR) is 64.3 cm³/mol. The van der Waals surface area contributed by atoms with Gasteiger partial charge in [-0.15, -0.1) is 0 Å². The first kappa shape index (κ1) is 9.56. The summed E-state index contributed by atoms with van der Waals surface area (Å²) in [6.07, 6.45) is 2.28. The van der Waals surface area contributed by atoms with Crippen LogP contribution in [0, 0.1) is 0 Å². The second-order valence-electron chi connectivity index (χ2n) is 4.25. The van der Waals surface area contributed by atoms with Crippen molar-refractivity contribution >= 4 is 28.9 Å². The number of benzene rings is 1. The van der Waals surface area contributed by atoms with Gasteiger partial charge in [0.15, 0.2) is 0 Å². The molecule has 2 atom stereocenters. The van der Waals surface area contributed by atoms with E-state index >= 15 is 0 Å². The smallest absolute Gasteiger partial charge is 0.107 e. The van der Waals surface area contributed by atoms with Crippen LogP contribution in [0.4, 0.5) is 5.69 Å². The van der Waals surface area contributed by atoms with E-state index in [1.807, 2.05) is 12.1 Å². The van der Waals surface area contributed by atoms with E-state index in [4.69, 9.17) is 28.9 Å². The summed E-state index contributed by atoms with van der Waals surface area (Å²) in [5, 5.41) is 0. The van der Waals surface area contributed by atoms with Crippen molar-refractivity contribution in [3.8, 4) is 0 Å². The van der Waals surface area contributed by atoms with Crippen molar-refractivity contribution < 1.29 is 0 Å². The molecular formula is C12H11Cl2N. The fourth-order valence-electron chi connectivity index (χ4n) is 3.08. The molecular weight excluding hydrogens is 229 g/mol. The van der Waals surface area contributed by atoms with Crippen molar-refractivity contribution in [2.45, 2.75) is 24.7 Å². The Bertz CT molecular complexity index is 461. The van der Waals surface area contributed by atoms with Gasteiger partial charge >= 0.3 is 0 Å². The van der Waals surface area contributed by atoms with E-state index < -0.39 is 0 Å². The molecule has 0 saturated heterocycles. The van der Waals surface area contributed by atoms with Crippen LogP contribution in [0.3, 0.4) is 0 Å². The van der Waals surface area contributed by atoms with Gasteiger partial charge in [0.25, 0.3) is 0 Å². The molecule has 0 aliphatic heterocycles. The van der Waals surface area contributed by atoms with Crippen LogP contribution >= 0.6 is 23.2 Å². The molecule has 2 aliphatic carbocycles. The highest BCUT2D eigenvalue weighted by molar-refractivity contribution is 6.56. The molecule has 0 heterocycles. The average Bonchev–Trinajstić information content (AvgIpc) is 2.73. The van der Waals surface area contributed by atoms with Gasteiger partial charge in [-0.05, 0) is 35.6 Å². The summed E-state index contributed by atoms with van der Waals surface area (Å²) < 4.78 is 0.443. The standard InChI is InChI=1S/C12H11Cl2N/c13-12(14)11-7-4-5-8(11)10-6(7)2-1-3-9(10)15/h1-3,7-8H,4-5,15H2/t7?,8-/m1/s1. The molecule has 2 bridgehead atoms. The number of nitrogens with two attached hydrogens (primary N) is 1. The Morgan fingerprint density at radius 1 is 1.20 bits per heavy atom. The third-order valence-corrected chi connectivity index (χ3v) is 4.05. The minimum Gasteiger partial charge on any atom is -0.398 e. The molecule has 1 saturated carbocycles. The minimum atomic E-state index is 0.371. The summed E-state index contributed by atoms with van der Waals surface area (Å²) >= 11 is 11.9. The van der Waals surface area contributed by atoms with Gasteiger partial charge in [-0.2, -0.15) is 0 Å². The second-order valence-corrected chi connectivity index (χ2v) is 5.20. The molecule has 78 valence electrons. The van der Waals surface area contributed by atoms with E-state index in [-0.39, 0.29) is 0 Å². The lowest BCUT2D eigenvalue weighted by molar-refractivity contribution is 0.719. The summed E-state index contributed by atoms with van der Waals surface area (Å²) in [6, 6.07) is 6.11. The molecule has 0 radical (unpaired) electrons. The van der Waals surface area contributed by atoms with Crippen molar-refractivity contribution in [3.63, 3.8) is 0 Å². The highest BCUT2D eigenvalue weighted by Gasteiger charge is 2.43. The van der Waals surface area contributed by atoms with Crippen LogP contribution in [0.2, 0.25) is 0 Å². The summed E-state index contributed by atoms with van der Waals surface area (Å²) in [4.78, 5) is 0. The fraction of sp³-hybridized carbons (Fsp3) is 0.333. The second kappa shape index (κ2) is 3.16. The molecule has 0 amide bonds. The lowest BCUT2D eigenvalue weighted by Gasteiger charge is -2.15. The SMILES string of the molecule is Nc1cccc2c1[C@H]1CCC2C1=C(Cl)Cl. The topological polar surface area (TPSA) is 26.0 Å². The summed E-state index contributed by atoms with van der Waals surface area (Å²) in [5.74, 6) is 0.787. The van der Waals surface area contributed by atoms with E-state index in [0.29, 0.717) is 16.3 Å². The Hall–Kier alpha value is -0.660. The van der Waals surface area contributed by atoms with Crippen molar-refractivity contribution in [2.24, 2.45) is 0 Å². The van der Waals surface area contributed by atoms with E-state index in [2.05, 4.69) is 6.07 Å². The highest BCUT2D eigenvalue weighted by atomic mass is 35.5. The van der Waals surface area contributed by atoms with E-state index in [1.165, 1.54) is 16.7 Å². The molecule has 15 heavy (non-hydrogen) atoms. The van der Waals surface area contributed by atoms with Crippen LogP contribution in [0.5, 0.6) is 0 Å². The maximum atomic E-state index is 6.01. The lowest BCUT2D eigenvalue weighted by Crippen LogP contribution is -2.01. The maximum absolute atomic E-state index is 6.01. The normalized spacial score (nSPS) is 26.9. The number of rotatable bonds is 0. The Morgan fingerprint density at radius 3 is 2.60 bits per heavy atom. The average molecular weight is 240 g/mol. The van der Waals surface area contributed by atoms with E-state index in [0.717, 1.165) is 18.5 Å². The number of anilines is 1. The van der Waals surface area contributed by atoms with Crippen LogP contribution in [0.25, 0.3) is 0 Å². The van der Waals surface area contributed by atoms with Crippen LogP contribution in [-0.4, -0.2) is 0 Å². The number of hydrogen-bond donors (Lipinski definition) is 1. The Balaban J connectivity index is 2.26. The largest absolute Gasteiger partial charge is 0.398 e. The van der Waals surface area contributed by atoms with Gasteiger partial charge in [0.2, 0.25) is 0 Å². The number of nitrogen functional groups attached to an aromatic ring is 1. The third-order valence-electron chi connectivity index (χ3n) is 3.61. The van der Waals surface area contributed by atoms with Crippen molar-refractivity contribution in [3.05, 3.63) is 39.4 Å². The van der Waals surface area contributed by atoms with Gasteiger partial charge in [0, 0.05) is 17.5 Å². The first-order valence-electron chi connectivity index (χ1n) is 5.13. The molecule has 2 aliphatic rings. The molecule has 0 aromatic heterocycles. The third kappa shape index (κ3) is 1.17. The Labute approximate surface area is 98.9 Å². The number of hydrogen-bond acceptors (Lipinski definition) is 1. The van der Waals surface area contributed by atoms with Crippen molar-refractivity contribution in [1.29, 1.82) is 0 Å². The zero-order valence-electron chi connectivity index (χ0n) is 8.13. The van der Waals surface area contributed by atoms with Crippen LogP contribution < -0.4 is 5.73 Å². The lowest BCUT2D eigenvalue weighted by atomic mass is 9.91. The van der Waals surface area contributed by atoms with Crippen LogP contribution in [0.15, 0.2) is 28.3 Å². The predicted octanol–water partition coefficient (Wildman–Crippen LogP) is 3.93. The van der Waals surface area contributed by atoms with Gasteiger partial charge in [-0.25, -0.2) is 0 Å². The van der Waals surface area contributed by atoms with Gasteiger partial charge in [0.05, 0.1) is 0 Å². The first-order chi connectivity index (χ1) is 7.20. The van der Waals surface area contributed by atoms with Crippen molar-refractivity contribution in [1.82, 2.24) is 0 Å². The zero-order chi connectivity index (χ0) is 10.6. The molecule has 2 N–H and O–H groups in total. The molecule has 3 rings (SSSR count). The molecule has 3 heteroatoms. The molecule has 1 aromatic rings. The van der Waals surface area contributed by atoms with Gasteiger partial charge < -0.3 is 5.73 Å². The maximum Gasteiger partial charge on any atom is 0.107 e. The Morgan fingerprint density at radius 2 is 1.93 bits per heavy atom. The monoisotopic (exact) mass is 239 g/mol. The number of fused-ring (bicyclic) bond motifs is 5. The zero-order valence-corrected chi connectivity index (χ0v) is 9.65. The van der Waals surface area contributed by atoms with E-state index in [1.54, 1.807) is 0 Å². The summed E-state index contributed by atoms with van der Waals surface area (Å²) in [7, 11) is 0. The molecule has 1 aromatic carbocycles. The Kier molecular flexibility index (Phi) is 2.02. The van der Waals surface area contributed by atoms with Crippen LogP contribution in [-0.2, 0) is 0 Å². The van der Waals surface area contributed by atoms with Gasteiger partial charge in [-0.3, -0.25) is 0 Å². The van der Waals surface area contributed by atoms with Gasteiger partial charge in [-0.1, -0.05) is 35.3 Å².